The highest BCUT2D eigenvalue weighted by atomic mass is 35.5. The first-order valence-corrected chi connectivity index (χ1v) is 8.46. The van der Waals surface area contributed by atoms with Gasteiger partial charge in [-0.3, -0.25) is 4.79 Å². The lowest BCUT2D eigenvalue weighted by molar-refractivity contribution is -0.108. The minimum absolute atomic E-state index is 0.0736. The van der Waals surface area contributed by atoms with Crippen LogP contribution in [0.15, 0.2) is 53.0 Å². The molecule has 1 heterocycles. The zero-order valence-corrected chi connectivity index (χ0v) is 15.0. The Hall–Kier alpha value is -1.69. The molecule has 2 rings (SSSR count). The Morgan fingerprint density at radius 2 is 2.16 bits per heavy atom. The normalized spacial score (nSPS) is 22.2. The van der Waals surface area contributed by atoms with Gasteiger partial charge in [0.25, 0.3) is 0 Å². The van der Waals surface area contributed by atoms with Crippen molar-refractivity contribution in [2.45, 2.75) is 12.8 Å². The van der Waals surface area contributed by atoms with Gasteiger partial charge in [-0.05, 0) is 36.6 Å². The van der Waals surface area contributed by atoms with Gasteiger partial charge in [-0.25, -0.2) is 8.78 Å². The number of hydrogen-bond acceptors (Lipinski definition) is 2. The van der Waals surface area contributed by atoms with E-state index in [0.717, 1.165) is 0 Å². The van der Waals surface area contributed by atoms with Gasteiger partial charge in [-0.15, -0.1) is 0 Å². The van der Waals surface area contributed by atoms with Crippen LogP contribution in [0.5, 0.6) is 0 Å². The van der Waals surface area contributed by atoms with Crippen molar-refractivity contribution >= 4 is 29.6 Å². The zero-order valence-electron chi connectivity index (χ0n) is 13.5. The van der Waals surface area contributed by atoms with E-state index < -0.39 is 11.6 Å². The summed E-state index contributed by atoms with van der Waals surface area (Å²) in [6.45, 7) is 2.76. The molecule has 0 radical (unpaired) electrons. The number of halogens is 4. The first-order valence-electron chi connectivity index (χ1n) is 7.70. The summed E-state index contributed by atoms with van der Waals surface area (Å²) in [6.07, 6.45) is 4.73. The van der Waals surface area contributed by atoms with Crippen LogP contribution in [0, 0.1) is 11.7 Å². The van der Waals surface area contributed by atoms with Crippen LogP contribution in [0.4, 0.5) is 8.78 Å². The van der Waals surface area contributed by atoms with Crippen LogP contribution in [0.2, 0.25) is 5.02 Å². The number of amides is 1. The first kappa shape index (κ1) is 19.6. The van der Waals surface area contributed by atoms with Gasteiger partial charge in [0.1, 0.15) is 11.6 Å². The molecule has 2 N–H and O–H groups in total. The predicted molar refractivity (Wildman–Crippen MR) is 96.6 cm³/mol. The lowest BCUT2D eigenvalue weighted by atomic mass is 9.88. The summed E-state index contributed by atoms with van der Waals surface area (Å²) in [7, 11) is 0. The zero-order chi connectivity index (χ0) is 18.4. The molecule has 25 heavy (non-hydrogen) atoms. The Labute approximate surface area is 155 Å². The van der Waals surface area contributed by atoms with Gasteiger partial charge in [0.05, 0.1) is 10.1 Å². The molecule has 1 saturated heterocycles. The summed E-state index contributed by atoms with van der Waals surface area (Å²) in [6, 6.07) is 4.89. The molecular weight excluding hydrogens is 369 g/mol. The second-order valence-electron chi connectivity index (χ2n) is 5.72. The Morgan fingerprint density at radius 3 is 2.88 bits per heavy atom. The van der Waals surface area contributed by atoms with Crippen LogP contribution in [0.3, 0.4) is 0 Å². The molecule has 0 aliphatic carbocycles. The van der Waals surface area contributed by atoms with Gasteiger partial charge in [0, 0.05) is 24.7 Å². The van der Waals surface area contributed by atoms with E-state index in [1.54, 1.807) is 25.1 Å². The summed E-state index contributed by atoms with van der Waals surface area (Å²) in [5.41, 5.74) is 0.929. The number of benzene rings is 1. The van der Waals surface area contributed by atoms with Crippen LogP contribution in [0.25, 0.3) is 0 Å². The maximum absolute atomic E-state index is 14.2. The second-order valence-corrected chi connectivity index (χ2v) is 6.53. The van der Waals surface area contributed by atoms with E-state index in [1.807, 2.05) is 0 Å². The summed E-state index contributed by atoms with van der Waals surface area (Å²) in [4.78, 5) is 10.3. The molecule has 1 unspecified atom stereocenters. The fourth-order valence-corrected chi connectivity index (χ4v) is 3.14. The molecule has 1 aliphatic rings. The van der Waals surface area contributed by atoms with Crippen molar-refractivity contribution in [2.75, 3.05) is 13.1 Å². The third-order valence-electron chi connectivity index (χ3n) is 3.99. The fourth-order valence-electron chi connectivity index (χ4n) is 2.73. The van der Waals surface area contributed by atoms with E-state index in [-0.39, 0.29) is 21.9 Å². The van der Waals surface area contributed by atoms with Gasteiger partial charge in [0.2, 0.25) is 6.41 Å². The van der Waals surface area contributed by atoms with Gasteiger partial charge in [-0.1, -0.05) is 41.4 Å². The quantitative estimate of drug-likeness (QED) is 0.561. The number of rotatable bonds is 6. The van der Waals surface area contributed by atoms with Crippen molar-refractivity contribution in [3.05, 3.63) is 69.4 Å². The van der Waals surface area contributed by atoms with Crippen LogP contribution in [-0.4, -0.2) is 19.5 Å². The highest BCUT2D eigenvalue weighted by Gasteiger charge is 2.29. The van der Waals surface area contributed by atoms with Crippen molar-refractivity contribution in [3.8, 4) is 0 Å². The highest BCUT2D eigenvalue weighted by Crippen LogP contribution is 2.33. The number of carbonyl (C=O) groups is 1. The summed E-state index contributed by atoms with van der Waals surface area (Å²) >= 11 is 11.7. The summed E-state index contributed by atoms with van der Waals surface area (Å²) < 4.78 is 28.3. The SMILES string of the molecule is C\C(=C/C(Cl)=C(F)\C=C\[C@@H]1CNCC1c1cccc(Cl)c1F)NC=O. The molecule has 1 aromatic rings. The van der Waals surface area contributed by atoms with Crippen molar-refractivity contribution < 1.29 is 13.6 Å². The molecule has 134 valence electrons. The molecule has 0 bridgehead atoms. The molecule has 0 saturated carbocycles. The minimum atomic E-state index is -0.633. The average molecular weight is 387 g/mol. The smallest absolute Gasteiger partial charge is 0.211 e. The number of hydrogen-bond donors (Lipinski definition) is 2. The molecule has 0 spiro atoms. The minimum Gasteiger partial charge on any atom is -0.333 e. The van der Waals surface area contributed by atoms with Crippen molar-refractivity contribution in [3.63, 3.8) is 0 Å². The van der Waals surface area contributed by atoms with Crippen molar-refractivity contribution in [2.24, 2.45) is 5.92 Å². The molecule has 1 aliphatic heterocycles. The molecule has 0 aromatic heterocycles. The average Bonchev–Trinajstić information content (AvgIpc) is 3.03. The fraction of sp³-hybridized carbons (Fsp3) is 0.278. The third-order valence-corrected chi connectivity index (χ3v) is 4.57. The molecular formula is C18H18Cl2F2N2O. The number of nitrogens with one attached hydrogen (secondary N) is 2. The second kappa shape index (κ2) is 9.13. The van der Waals surface area contributed by atoms with E-state index in [4.69, 9.17) is 23.2 Å². The first-order chi connectivity index (χ1) is 11.9. The van der Waals surface area contributed by atoms with Gasteiger partial charge < -0.3 is 10.6 Å². The monoisotopic (exact) mass is 386 g/mol. The lowest BCUT2D eigenvalue weighted by Crippen LogP contribution is -2.10. The molecule has 1 aromatic carbocycles. The maximum atomic E-state index is 14.2. The van der Waals surface area contributed by atoms with Crippen LogP contribution >= 0.6 is 23.2 Å². The van der Waals surface area contributed by atoms with Crippen LogP contribution in [-0.2, 0) is 4.79 Å². The van der Waals surface area contributed by atoms with Gasteiger partial charge in [0.15, 0.2) is 0 Å². The van der Waals surface area contributed by atoms with Gasteiger partial charge in [-0.2, -0.15) is 0 Å². The van der Waals surface area contributed by atoms with E-state index in [2.05, 4.69) is 10.6 Å². The lowest BCUT2D eigenvalue weighted by Gasteiger charge is -2.17. The third kappa shape index (κ3) is 5.14. The molecule has 1 amide bonds. The summed E-state index contributed by atoms with van der Waals surface area (Å²) in [5, 5.41) is 5.50. The number of carbonyl (C=O) groups excluding carboxylic acids is 1. The Bertz CT molecular complexity index is 732. The summed E-state index contributed by atoms with van der Waals surface area (Å²) in [5.74, 6) is -1.31. The molecule has 3 nitrogen and oxygen atoms in total. The Kier molecular flexibility index (Phi) is 7.17. The van der Waals surface area contributed by atoms with Crippen LogP contribution < -0.4 is 10.6 Å². The Morgan fingerprint density at radius 1 is 1.40 bits per heavy atom. The number of allylic oxidation sites excluding steroid dienone is 5. The Balaban J connectivity index is 2.18. The molecule has 1 fully saturated rings. The highest BCUT2D eigenvalue weighted by molar-refractivity contribution is 6.31. The molecule has 7 heteroatoms. The van der Waals surface area contributed by atoms with Crippen molar-refractivity contribution in [1.29, 1.82) is 0 Å². The topological polar surface area (TPSA) is 41.1 Å². The van der Waals surface area contributed by atoms with E-state index in [9.17, 15) is 13.6 Å². The largest absolute Gasteiger partial charge is 0.333 e. The van der Waals surface area contributed by atoms with E-state index in [0.29, 0.717) is 30.8 Å². The predicted octanol–water partition coefficient (Wildman–Crippen LogP) is 4.41. The molecule has 2 atom stereocenters. The van der Waals surface area contributed by atoms with E-state index >= 15 is 0 Å². The van der Waals surface area contributed by atoms with Gasteiger partial charge >= 0.3 is 0 Å². The van der Waals surface area contributed by atoms with Crippen molar-refractivity contribution in [1.82, 2.24) is 10.6 Å². The maximum Gasteiger partial charge on any atom is 0.211 e. The standard InChI is InChI=1S/C18H18Cl2F2N2O/c1-11(24-10-25)7-16(20)17(21)6-5-12-8-23-9-14(12)13-3-2-4-15(19)18(13)22/h2-7,10,12,14,23H,8-9H2,1H3,(H,24,25)/b6-5+,11-7+,17-16-/t12-,14?/m1/s1. The van der Waals surface area contributed by atoms with E-state index in [1.165, 1.54) is 18.2 Å². The van der Waals surface area contributed by atoms with Crippen LogP contribution in [0.1, 0.15) is 18.4 Å².